The Labute approximate surface area is 176 Å². The molecule has 0 fully saturated rings. The molecule has 1 aromatic heterocycles. The van der Waals surface area contributed by atoms with Gasteiger partial charge in [-0.25, -0.2) is 4.98 Å². The summed E-state index contributed by atoms with van der Waals surface area (Å²) in [5, 5.41) is 10.1. The van der Waals surface area contributed by atoms with Crippen molar-refractivity contribution in [3.05, 3.63) is 59.7 Å². The zero-order chi connectivity index (χ0) is 21.7. The second-order valence-electron chi connectivity index (χ2n) is 7.53. The number of nitrogens with two attached hydrogens (primary N) is 1. The molecule has 6 heteroatoms. The average molecular weight is 405 g/mol. The number of rotatable bonds is 9. The van der Waals surface area contributed by atoms with Gasteiger partial charge in [0.15, 0.2) is 0 Å². The van der Waals surface area contributed by atoms with Gasteiger partial charge in [-0.15, -0.1) is 0 Å². The quantitative estimate of drug-likeness (QED) is 0.519. The predicted octanol–water partition coefficient (Wildman–Crippen LogP) is 4.25. The number of amides is 1. The number of carbonyl (C=O) groups excluding carboxylic acids is 1. The lowest BCUT2D eigenvalue weighted by Gasteiger charge is -2.19. The highest BCUT2D eigenvalue weighted by atomic mass is 16.4. The summed E-state index contributed by atoms with van der Waals surface area (Å²) < 4.78 is 0. The maximum atomic E-state index is 11.7. The van der Waals surface area contributed by atoms with Gasteiger partial charge in [0, 0.05) is 18.0 Å². The number of carboxylic acid groups (broad SMARTS) is 1. The lowest BCUT2D eigenvalue weighted by molar-refractivity contribution is -0.135. The van der Waals surface area contributed by atoms with Crippen molar-refractivity contribution in [1.82, 2.24) is 4.98 Å². The van der Waals surface area contributed by atoms with Crippen LogP contribution in [-0.2, 0) is 11.2 Å². The molecule has 0 radical (unpaired) electrons. The third kappa shape index (κ3) is 4.95. The minimum absolute atomic E-state index is 0.158. The maximum Gasteiger partial charge on any atom is 0.323 e. The Morgan fingerprint density at radius 1 is 1.10 bits per heavy atom. The van der Waals surface area contributed by atoms with E-state index in [1.807, 2.05) is 18.2 Å². The number of fused-ring (bicyclic) bond motifs is 1. The van der Waals surface area contributed by atoms with Crippen molar-refractivity contribution in [2.24, 2.45) is 5.73 Å². The van der Waals surface area contributed by atoms with Crippen molar-refractivity contribution in [3.8, 4) is 11.1 Å². The normalized spacial score (nSPS) is 10.9. The fraction of sp³-hybridized carbons (Fsp3) is 0.292. The number of carbonyl (C=O) groups is 2. The number of carboxylic acids is 1. The van der Waals surface area contributed by atoms with E-state index >= 15 is 0 Å². The number of pyridine rings is 1. The van der Waals surface area contributed by atoms with Crippen LogP contribution in [-0.4, -0.2) is 35.6 Å². The molecule has 30 heavy (non-hydrogen) atoms. The van der Waals surface area contributed by atoms with Crippen molar-refractivity contribution in [3.63, 3.8) is 0 Å². The number of hydrogen-bond acceptors (Lipinski definition) is 4. The third-order valence-corrected chi connectivity index (χ3v) is 5.15. The van der Waals surface area contributed by atoms with Gasteiger partial charge in [0.25, 0.3) is 0 Å². The molecular formula is C24H27N3O3. The molecule has 0 aliphatic heterocycles. The second kappa shape index (κ2) is 9.39. The van der Waals surface area contributed by atoms with Crippen molar-refractivity contribution in [1.29, 1.82) is 0 Å². The van der Waals surface area contributed by atoms with Crippen LogP contribution in [0.2, 0.25) is 0 Å². The molecule has 0 atom stereocenters. The molecule has 3 N–H and O–H groups in total. The molecule has 2 aromatic carbocycles. The molecule has 0 unspecified atom stereocenters. The van der Waals surface area contributed by atoms with Gasteiger partial charge in [-0.1, -0.05) is 38.0 Å². The fourth-order valence-corrected chi connectivity index (χ4v) is 3.55. The fourth-order valence-electron chi connectivity index (χ4n) is 3.55. The highest BCUT2D eigenvalue weighted by Crippen LogP contribution is 2.32. The molecule has 0 aliphatic rings. The number of anilines is 1. The van der Waals surface area contributed by atoms with E-state index in [2.05, 4.69) is 24.0 Å². The molecule has 6 nitrogen and oxygen atoms in total. The van der Waals surface area contributed by atoms with Gasteiger partial charge in [0.1, 0.15) is 12.4 Å². The van der Waals surface area contributed by atoms with Crippen LogP contribution in [0, 0.1) is 0 Å². The molecule has 0 saturated heterocycles. The minimum atomic E-state index is -0.928. The summed E-state index contributed by atoms with van der Waals surface area (Å²) in [6, 6.07) is 15.3. The van der Waals surface area contributed by atoms with Gasteiger partial charge in [0.05, 0.1) is 5.52 Å². The summed E-state index contributed by atoms with van der Waals surface area (Å²) >= 11 is 0. The summed E-state index contributed by atoms with van der Waals surface area (Å²) in [5.41, 5.74) is 9.65. The standard InChI is InChI=1S/C24H27N3O3/c1-3-4-5-7-16-10-11-21-20(12-16)19(14-22(26-21)27(2)15-23(28)29)17-8-6-9-18(13-17)24(25)30/h6,8-14H,3-5,7,15H2,1-2H3,(H2,25,30)(H,28,29). The summed E-state index contributed by atoms with van der Waals surface area (Å²) in [7, 11) is 1.70. The van der Waals surface area contributed by atoms with E-state index < -0.39 is 11.9 Å². The number of likely N-dealkylation sites (N-methyl/N-ethyl adjacent to an activating group) is 1. The largest absolute Gasteiger partial charge is 0.480 e. The van der Waals surface area contributed by atoms with Crippen LogP contribution in [0.25, 0.3) is 22.0 Å². The number of hydrogen-bond donors (Lipinski definition) is 2. The first-order valence-electron chi connectivity index (χ1n) is 10.2. The molecule has 3 rings (SSSR count). The Morgan fingerprint density at radius 3 is 2.60 bits per heavy atom. The van der Waals surface area contributed by atoms with Gasteiger partial charge >= 0.3 is 5.97 Å². The lowest BCUT2D eigenvalue weighted by Crippen LogP contribution is -2.26. The predicted molar refractivity (Wildman–Crippen MR) is 120 cm³/mol. The summed E-state index contributed by atoms with van der Waals surface area (Å²) in [6.07, 6.45) is 4.47. The number of nitrogens with zero attached hydrogens (tertiary/aromatic N) is 2. The van der Waals surface area contributed by atoms with E-state index in [4.69, 9.17) is 10.8 Å². The number of aliphatic carboxylic acids is 1. The molecule has 1 heterocycles. The van der Waals surface area contributed by atoms with Crippen LogP contribution in [0.3, 0.4) is 0 Å². The van der Waals surface area contributed by atoms with Crippen molar-refractivity contribution in [2.75, 3.05) is 18.5 Å². The Kier molecular flexibility index (Phi) is 6.67. The van der Waals surface area contributed by atoms with Crippen molar-refractivity contribution in [2.45, 2.75) is 32.6 Å². The number of unbranched alkanes of at least 4 members (excludes halogenated alkanes) is 2. The van der Waals surface area contributed by atoms with Crippen LogP contribution < -0.4 is 10.6 Å². The second-order valence-corrected chi connectivity index (χ2v) is 7.53. The monoisotopic (exact) mass is 405 g/mol. The minimum Gasteiger partial charge on any atom is -0.480 e. The van der Waals surface area contributed by atoms with Crippen LogP contribution >= 0.6 is 0 Å². The SMILES string of the molecule is CCCCCc1ccc2nc(N(C)CC(=O)O)cc(-c3cccc(C(N)=O)c3)c2c1. The van der Waals surface area contributed by atoms with E-state index in [0.717, 1.165) is 34.9 Å². The van der Waals surface area contributed by atoms with Gasteiger partial charge < -0.3 is 15.7 Å². The lowest BCUT2D eigenvalue weighted by atomic mass is 9.96. The van der Waals surface area contributed by atoms with Crippen LogP contribution in [0.4, 0.5) is 5.82 Å². The first-order chi connectivity index (χ1) is 14.4. The molecule has 3 aromatic rings. The summed E-state index contributed by atoms with van der Waals surface area (Å²) in [5.74, 6) is -0.857. The van der Waals surface area contributed by atoms with Crippen LogP contribution in [0.1, 0.15) is 42.1 Å². The summed E-state index contributed by atoms with van der Waals surface area (Å²) in [4.78, 5) is 29.1. The van der Waals surface area contributed by atoms with E-state index in [1.165, 1.54) is 18.4 Å². The van der Waals surface area contributed by atoms with Crippen LogP contribution in [0.5, 0.6) is 0 Å². The van der Waals surface area contributed by atoms with Gasteiger partial charge in [-0.05, 0) is 59.9 Å². The number of aromatic nitrogens is 1. The molecular weight excluding hydrogens is 378 g/mol. The van der Waals surface area contributed by atoms with E-state index in [9.17, 15) is 9.59 Å². The number of benzene rings is 2. The average Bonchev–Trinajstić information content (AvgIpc) is 2.72. The van der Waals surface area contributed by atoms with Crippen molar-refractivity contribution >= 4 is 28.6 Å². The van der Waals surface area contributed by atoms with E-state index in [-0.39, 0.29) is 6.54 Å². The Bertz CT molecular complexity index is 1080. The third-order valence-electron chi connectivity index (χ3n) is 5.15. The molecule has 0 spiro atoms. The molecule has 0 bridgehead atoms. The van der Waals surface area contributed by atoms with Gasteiger partial charge in [-0.2, -0.15) is 0 Å². The van der Waals surface area contributed by atoms with Crippen LogP contribution in [0.15, 0.2) is 48.5 Å². The highest BCUT2D eigenvalue weighted by molar-refractivity contribution is 5.99. The molecule has 156 valence electrons. The first kappa shape index (κ1) is 21.3. The molecule has 0 saturated carbocycles. The first-order valence-corrected chi connectivity index (χ1v) is 10.2. The van der Waals surface area contributed by atoms with Gasteiger partial charge in [-0.3, -0.25) is 9.59 Å². The molecule has 0 aliphatic carbocycles. The zero-order valence-electron chi connectivity index (χ0n) is 17.4. The molecule has 1 amide bonds. The summed E-state index contributed by atoms with van der Waals surface area (Å²) in [6.45, 7) is 2.03. The smallest absolute Gasteiger partial charge is 0.323 e. The Balaban J connectivity index is 2.15. The number of aryl methyl sites for hydroxylation is 1. The highest BCUT2D eigenvalue weighted by Gasteiger charge is 2.14. The Hall–Kier alpha value is -3.41. The van der Waals surface area contributed by atoms with Crippen molar-refractivity contribution < 1.29 is 14.7 Å². The van der Waals surface area contributed by atoms with E-state index in [1.54, 1.807) is 30.1 Å². The van der Waals surface area contributed by atoms with E-state index in [0.29, 0.717) is 11.4 Å². The maximum absolute atomic E-state index is 11.7. The zero-order valence-corrected chi connectivity index (χ0v) is 17.4. The topological polar surface area (TPSA) is 96.5 Å². The Morgan fingerprint density at radius 2 is 1.90 bits per heavy atom. The van der Waals surface area contributed by atoms with Gasteiger partial charge in [0.2, 0.25) is 5.91 Å². The number of primary amides is 1.